The number of aliphatic hydroxyl groups is 1. The van der Waals surface area contributed by atoms with E-state index in [2.05, 4.69) is 4.98 Å². The van der Waals surface area contributed by atoms with Crippen molar-refractivity contribution in [3.05, 3.63) is 101 Å². The van der Waals surface area contributed by atoms with Crippen LogP contribution in [0.2, 0.25) is 0 Å². The fourth-order valence-corrected chi connectivity index (χ4v) is 3.98. The third-order valence-electron chi connectivity index (χ3n) is 5.46. The number of aliphatic hydroxyl groups excluding tert-OH is 1. The van der Waals surface area contributed by atoms with E-state index in [0.29, 0.717) is 16.8 Å². The predicted molar refractivity (Wildman–Crippen MR) is 127 cm³/mol. The molecule has 2 heterocycles. The van der Waals surface area contributed by atoms with Crippen molar-refractivity contribution in [2.75, 3.05) is 4.90 Å². The number of Topliss-reactive ketones (excluding diaryl/α,β-unsaturated/α-hetero) is 1. The Morgan fingerprint density at radius 3 is 2.38 bits per heavy atom. The van der Waals surface area contributed by atoms with Gasteiger partial charge in [-0.3, -0.25) is 19.5 Å². The first kappa shape index (κ1) is 22.9. The smallest absolute Gasteiger partial charge is 0.338 e. The number of hydrogen-bond donors (Lipinski definition) is 1. The lowest BCUT2D eigenvalue weighted by Gasteiger charge is -2.26. The van der Waals surface area contributed by atoms with Gasteiger partial charge in [-0.2, -0.15) is 0 Å². The first-order valence-corrected chi connectivity index (χ1v) is 10.9. The molecule has 7 nitrogen and oxygen atoms in total. The number of pyridine rings is 1. The zero-order valence-electron chi connectivity index (χ0n) is 19.1. The lowest BCUT2D eigenvalue weighted by molar-refractivity contribution is -0.132. The normalized spacial score (nSPS) is 17.3. The monoisotopic (exact) mass is 456 g/mol. The molecule has 1 aliphatic heterocycles. The molecule has 7 heteroatoms. The largest absolute Gasteiger partial charge is 0.507 e. The molecule has 1 unspecified atom stereocenters. The molecule has 1 fully saturated rings. The van der Waals surface area contributed by atoms with Crippen molar-refractivity contribution in [3.8, 4) is 0 Å². The van der Waals surface area contributed by atoms with Gasteiger partial charge in [0.2, 0.25) is 0 Å². The van der Waals surface area contributed by atoms with Crippen LogP contribution in [0.25, 0.3) is 5.76 Å². The highest BCUT2D eigenvalue weighted by molar-refractivity contribution is 6.51. The Labute approximate surface area is 197 Å². The van der Waals surface area contributed by atoms with E-state index in [-0.39, 0.29) is 23.0 Å². The summed E-state index contributed by atoms with van der Waals surface area (Å²) in [6.45, 7) is 5.40. The number of aromatic nitrogens is 1. The molecule has 0 aliphatic carbocycles. The van der Waals surface area contributed by atoms with Gasteiger partial charge in [0.15, 0.2) is 0 Å². The second-order valence-electron chi connectivity index (χ2n) is 8.32. The molecule has 1 atom stereocenters. The van der Waals surface area contributed by atoms with Gasteiger partial charge >= 0.3 is 5.97 Å². The number of esters is 1. The number of aryl methyl sites for hydroxylation is 1. The van der Waals surface area contributed by atoms with Crippen molar-refractivity contribution in [1.82, 2.24) is 4.98 Å². The van der Waals surface area contributed by atoms with Crippen LogP contribution in [0.15, 0.2) is 78.6 Å². The third kappa shape index (κ3) is 4.32. The summed E-state index contributed by atoms with van der Waals surface area (Å²) < 4.78 is 5.28. The average Bonchev–Trinajstić information content (AvgIpc) is 3.09. The average molecular weight is 456 g/mol. The van der Waals surface area contributed by atoms with Gasteiger partial charge in [-0.25, -0.2) is 4.79 Å². The minimum absolute atomic E-state index is 0.0306. The number of anilines is 1. The molecule has 0 saturated carbocycles. The van der Waals surface area contributed by atoms with Crippen LogP contribution >= 0.6 is 0 Å². The van der Waals surface area contributed by atoms with Crippen molar-refractivity contribution in [3.63, 3.8) is 0 Å². The summed E-state index contributed by atoms with van der Waals surface area (Å²) in [7, 11) is 0. The summed E-state index contributed by atoms with van der Waals surface area (Å²) in [6, 6.07) is 16.0. The van der Waals surface area contributed by atoms with Crippen LogP contribution in [-0.2, 0) is 14.3 Å². The first-order valence-electron chi connectivity index (χ1n) is 10.9. The molecule has 172 valence electrons. The molecule has 34 heavy (non-hydrogen) atoms. The van der Waals surface area contributed by atoms with Crippen LogP contribution in [-0.4, -0.2) is 33.9 Å². The zero-order valence-corrected chi connectivity index (χ0v) is 19.1. The summed E-state index contributed by atoms with van der Waals surface area (Å²) >= 11 is 0. The van der Waals surface area contributed by atoms with Crippen molar-refractivity contribution in [1.29, 1.82) is 0 Å². The van der Waals surface area contributed by atoms with E-state index < -0.39 is 23.7 Å². The second-order valence-corrected chi connectivity index (χ2v) is 8.32. The third-order valence-corrected chi connectivity index (χ3v) is 5.46. The van der Waals surface area contributed by atoms with E-state index in [9.17, 15) is 19.5 Å². The van der Waals surface area contributed by atoms with Gasteiger partial charge in [0.1, 0.15) is 5.76 Å². The fraction of sp³-hybridized carbons (Fsp3) is 0.185. The summed E-state index contributed by atoms with van der Waals surface area (Å²) in [5.41, 5.74) is 2.54. The molecule has 1 N–H and O–H groups in total. The Kier molecular flexibility index (Phi) is 6.27. The lowest BCUT2D eigenvalue weighted by Crippen LogP contribution is -2.29. The van der Waals surface area contributed by atoms with Gasteiger partial charge in [-0.1, -0.05) is 35.9 Å². The Morgan fingerprint density at radius 2 is 1.71 bits per heavy atom. The molecule has 0 radical (unpaired) electrons. The molecule has 1 amide bonds. The lowest BCUT2D eigenvalue weighted by atomic mass is 9.94. The number of amides is 1. The highest BCUT2D eigenvalue weighted by atomic mass is 16.5. The number of carbonyl (C=O) groups is 3. The quantitative estimate of drug-likeness (QED) is 0.261. The fourth-order valence-electron chi connectivity index (χ4n) is 3.98. The van der Waals surface area contributed by atoms with E-state index >= 15 is 0 Å². The zero-order chi connectivity index (χ0) is 24.4. The minimum Gasteiger partial charge on any atom is -0.507 e. The number of rotatable bonds is 5. The van der Waals surface area contributed by atoms with Crippen LogP contribution in [0.3, 0.4) is 0 Å². The van der Waals surface area contributed by atoms with Crippen LogP contribution in [0, 0.1) is 6.92 Å². The Balaban J connectivity index is 1.90. The van der Waals surface area contributed by atoms with Gasteiger partial charge in [0.25, 0.3) is 11.7 Å². The number of ether oxygens (including phenoxy) is 1. The van der Waals surface area contributed by atoms with E-state index in [1.165, 1.54) is 23.4 Å². The van der Waals surface area contributed by atoms with Crippen molar-refractivity contribution in [2.24, 2.45) is 0 Å². The molecule has 4 rings (SSSR count). The van der Waals surface area contributed by atoms with E-state index in [1.807, 2.05) is 25.1 Å². The van der Waals surface area contributed by atoms with Gasteiger partial charge in [0, 0.05) is 23.6 Å². The Bertz CT molecular complexity index is 1300. The molecular formula is C27H24N2O5. The highest BCUT2D eigenvalue weighted by Crippen LogP contribution is 2.42. The SMILES string of the molecule is Cc1cccc(C2/C(=C(\O)c3ccncc3)C(=O)C(=O)N2c2cccc(C(=O)OC(C)C)c2)c1. The van der Waals surface area contributed by atoms with Crippen molar-refractivity contribution < 1.29 is 24.2 Å². The van der Waals surface area contributed by atoms with Crippen molar-refractivity contribution >= 4 is 29.1 Å². The van der Waals surface area contributed by atoms with E-state index in [4.69, 9.17) is 4.74 Å². The summed E-state index contributed by atoms with van der Waals surface area (Å²) in [4.78, 5) is 44.2. The topological polar surface area (TPSA) is 96.8 Å². The van der Waals surface area contributed by atoms with Crippen molar-refractivity contribution in [2.45, 2.75) is 32.9 Å². The number of hydrogen-bond acceptors (Lipinski definition) is 6. The molecule has 0 spiro atoms. The molecule has 3 aromatic rings. The summed E-state index contributed by atoms with van der Waals surface area (Å²) in [5.74, 6) is -2.42. The molecule has 1 aromatic heterocycles. The number of ketones is 1. The predicted octanol–water partition coefficient (Wildman–Crippen LogP) is 4.58. The summed E-state index contributed by atoms with van der Waals surface area (Å²) in [5, 5.41) is 11.1. The Hall–Kier alpha value is -4.26. The maximum Gasteiger partial charge on any atom is 0.338 e. The highest BCUT2D eigenvalue weighted by Gasteiger charge is 2.47. The van der Waals surface area contributed by atoms with Crippen LogP contribution in [0.5, 0.6) is 0 Å². The van der Waals surface area contributed by atoms with E-state index in [0.717, 1.165) is 5.56 Å². The van der Waals surface area contributed by atoms with Gasteiger partial charge in [0.05, 0.1) is 23.3 Å². The van der Waals surface area contributed by atoms with Gasteiger partial charge in [-0.05, 0) is 56.7 Å². The standard InChI is InChI=1S/C27H24N2O5/c1-16(2)34-27(33)20-8-5-9-21(15-20)29-23(19-7-4-6-17(3)14-19)22(25(31)26(29)32)24(30)18-10-12-28-13-11-18/h4-16,23,30H,1-3H3/b24-22+. The van der Waals surface area contributed by atoms with Crippen LogP contribution < -0.4 is 4.90 Å². The van der Waals surface area contributed by atoms with E-state index in [1.54, 1.807) is 50.2 Å². The molecule has 1 aliphatic rings. The van der Waals surface area contributed by atoms with Gasteiger partial charge < -0.3 is 9.84 Å². The molecule has 0 bridgehead atoms. The first-order chi connectivity index (χ1) is 16.3. The number of benzene rings is 2. The van der Waals surface area contributed by atoms with Crippen LogP contribution in [0.4, 0.5) is 5.69 Å². The summed E-state index contributed by atoms with van der Waals surface area (Å²) in [6.07, 6.45) is 2.69. The van der Waals surface area contributed by atoms with Crippen LogP contribution in [0.1, 0.15) is 46.9 Å². The second kappa shape index (κ2) is 9.31. The Morgan fingerprint density at radius 1 is 1.00 bits per heavy atom. The molecule has 1 saturated heterocycles. The maximum atomic E-state index is 13.3. The number of nitrogens with zero attached hydrogens (tertiary/aromatic N) is 2. The minimum atomic E-state index is -0.885. The molecule has 2 aromatic carbocycles. The number of carbonyl (C=O) groups excluding carboxylic acids is 3. The maximum absolute atomic E-state index is 13.3. The molecular weight excluding hydrogens is 432 g/mol. The van der Waals surface area contributed by atoms with Gasteiger partial charge in [-0.15, -0.1) is 0 Å².